The number of carbonyl (C=O) groups is 2. The molecule has 2 aliphatic rings. The van der Waals surface area contributed by atoms with Crippen molar-refractivity contribution in [2.24, 2.45) is 23.7 Å². The van der Waals surface area contributed by atoms with Crippen LogP contribution in [0.2, 0.25) is 0 Å². The number of hydrogen-bond acceptors (Lipinski definition) is 2. The fourth-order valence-electron chi connectivity index (χ4n) is 4.83. The fourth-order valence-corrected chi connectivity index (χ4v) is 4.83. The number of benzene rings is 2. The molecule has 2 N–H and O–H groups in total. The Balaban J connectivity index is 1.22. The molecule has 4 heteroatoms. The van der Waals surface area contributed by atoms with Crippen molar-refractivity contribution in [2.45, 2.75) is 71.6 Å². The molecule has 2 aliphatic carbocycles. The van der Waals surface area contributed by atoms with E-state index in [1.165, 1.54) is 49.7 Å². The van der Waals surface area contributed by atoms with Crippen LogP contribution >= 0.6 is 0 Å². The molecule has 4 atom stereocenters. The highest BCUT2D eigenvalue weighted by atomic mass is 16.2. The summed E-state index contributed by atoms with van der Waals surface area (Å²) in [6, 6.07) is 16.3. The second-order valence-electron chi connectivity index (χ2n) is 10.0. The first-order valence-corrected chi connectivity index (χ1v) is 12.9. The number of rotatable bonds is 12. The maximum absolute atomic E-state index is 12.4. The summed E-state index contributed by atoms with van der Waals surface area (Å²) in [5.74, 6) is 1.93. The normalized spacial score (nSPS) is 23.1. The van der Waals surface area contributed by atoms with Gasteiger partial charge in [-0.1, -0.05) is 63.8 Å². The summed E-state index contributed by atoms with van der Waals surface area (Å²) >= 11 is 0. The molecule has 33 heavy (non-hydrogen) atoms. The minimum atomic E-state index is 0.171. The molecule has 0 saturated heterocycles. The van der Waals surface area contributed by atoms with Crippen LogP contribution in [-0.4, -0.2) is 11.8 Å². The van der Waals surface area contributed by atoms with Crippen molar-refractivity contribution in [3.63, 3.8) is 0 Å². The second-order valence-corrected chi connectivity index (χ2v) is 10.0. The van der Waals surface area contributed by atoms with E-state index in [-0.39, 0.29) is 23.7 Å². The lowest BCUT2D eigenvalue weighted by Crippen LogP contribution is -2.14. The molecule has 2 saturated carbocycles. The number of anilines is 2. The van der Waals surface area contributed by atoms with E-state index in [0.717, 1.165) is 30.6 Å². The third kappa shape index (κ3) is 6.69. The lowest BCUT2D eigenvalue weighted by Gasteiger charge is -2.08. The van der Waals surface area contributed by atoms with Crippen LogP contribution in [0.5, 0.6) is 0 Å². The Morgan fingerprint density at radius 1 is 0.697 bits per heavy atom. The summed E-state index contributed by atoms with van der Waals surface area (Å²) in [6.07, 6.45) is 10.1. The lowest BCUT2D eigenvalue weighted by molar-refractivity contribution is -0.118. The third-order valence-corrected chi connectivity index (χ3v) is 7.23. The summed E-state index contributed by atoms with van der Waals surface area (Å²) in [4.78, 5) is 24.8. The Labute approximate surface area is 198 Å². The zero-order valence-electron chi connectivity index (χ0n) is 20.1. The van der Waals surface area contributed by atoms with Crippen LogP contribution in [0.1, 0.15) is 76.3 Å². The average Bonchev–Trinajstić information content (AvgIpc) is 3.74. The van der Waals surface area contributed by atoms with Gasteiger partial charge in [-0.25, -0.2) is 0 Å². The van der Waals surface area contributed by atoms with Gasteiger partial charge in [0.25, 0.3) is 0 Å². The minimum absolute atomic E-state index is 0.171. The molecule has 4 rings (SSSR count). The first-order valence-electron chi connectivity index (χ1n) is 12.9. The zero-order chi connectivity index (χ0) is 23.2. The summed E-state index contributed by atoms with van der Waals surface area (Å²) in [5, 5.41) is 6.15. The Bertz CT molecular complexity index is 858. The van der Waals surface area contributed by atoms with Crippen molar-refractivity contribution in [2.75, 3.05) is 10.6 Å². The van der Waals surface area contributed by atoms with Crippen LogP contribution in [0, 0.1) is 23.7 Å². The molecule has 2 aromatic carbocycles. The molecule has 0 aliphatic heterocycles. The highest BCUT2D eigenvalue weighted by molar-refractivity contribution is 5.95. The molecule has 0 radical (unpaired) electrons. The summed E-state index contributed by atoms with van der Waals surface area (Å²) in [6.45, 7) is 4.40. The summed E-state index contributed by atoms with van der Waals surface area (Å²) in [7, 11) is 0. The lowest BCUT2D eigenvalue weighted by atomic mass is 10.0. The zero-order valence-corrected chi connectivity index (χ0v) is 20.1. The van der Waals surface area contributed by atoms with E-state index in [9.17, 15) is 9.59 Å². The van der Waals surface area contributed by atoms with Gasteiger partial charge in [0.1, 0.15) is 0 Å². The highest BCUT2D eigenvalue weighted by Crippen LogP contribution is 2.43. The Hall–Kier alpha value is -2.62. The smallest absolute Gasteiger partial charge is 0.227 e. The van der Waals surface area contributed by atoms with Gasteiger partial charge < -0.3 is 10.6 Å². The van der Waals surface area contributed by atoms with E-state index >= 15 is 0 Å². The van der Waals surface area contributed by atoms with E-state index in [1.807, 2.05) is 24.3 Å². The van der Waals surface area contributed by atoms with Gasteiger partial charge in [-0.15, -0.1) is 0 Å². The minimum Gasteiger partial charge on any atom is -0.326 e. The van der Waals surface area contributed by atoms with E-state index in [2.05, 4.69) is 48.7 Å². The Morgan fingerprint density at radius 3 is 1.45 bits per heavy atom. The standard InChI is InChI=1S/C29H38N2O2/c1-3-5-7-22-18-26(22)28(32)30-24-13-9-20(10-14-24)17-21-11-15-25(16-12-21)31-29(33)27-19-23(27)8-6-4-2/h9-16,22-23,26-27H,3-8,17-19H2,1-2H3,(H,30,32)(H,31,33)/t22-,23+,26-,27-/m0/s1. The quantitative estimate of drug-likeness (QED) is 0.376. The van der Waals surface area contributed by atoms with Crippen LogP contribution < -0.4 is 10.6 Å². The van der Waals surface area contributed by atoms with E-state index < -0.39 is 0 Å². The maximum Gasteiger partial charge on any atom is 0.227 e. The fraction of sp³-hybridized carbons (Fsp3) is 0.517. The summed E-state index contributed by atoms with van der Waals surface area (Å²) < 4.78 is 0. The van der Waals surface area contributed by atoms with Crippen molar-refractivity contribution >= 4 is 23.2 Å². The first-order chi connectivity index (χ1) is 16.1. The van der Waals surface area contributed by atoms with Crippen molar-refractivity contribution in [1.29, 1.82) is 0 Å². The second kappa shape index (κ2) is 11.0. The van der Waals surface area contributed by atoms with Gasteiger partial charge in [0.15, 0.2) is 0 Å². The molecule has 0 spiro atoms. The van der Waals surface area contributed by atoms with Gasteiger partial charge in [0.05, 0.1) is 0 Å². The number of nitrogens with one attached hydrogen (secondary N) is 2. The van der Waals surface area contributed by atoms with Crippen LogP contribution in [0.15, 0.2) is 48.5 Å². The largest absolute Gasteiger partial charge is 0.326 e. The number of hydrogen-bond donors (Lipinski definition) is 2. The third-order valence-electron chi connectivity index (χ3n) is 7.23. The van der Waals surface area contributed by atoms with Crippen LogP contribution in [0.3, 0.4) is 0 Å². The Morgan fingerprint density at radius 2 is 1.09 bits per heavy atom. The van der Waals surface area contributed by atoms with E-state index in [0.29, 0.717) is 11.8 Å². The monoisotopic (exact) mass is 446 g/mol. The van der Waals surface area contributed by atoms with Gasteiger partial charge in [-0.2, -0.15) is 0 Å². The van der Waals surface area contributed by atoms with Crippen molar-refractivity contribution in [1.82, 2.24) is 0 Å². The molecule has 4 nitrogen and oxygen atoms in total. The van der Waals surface area contributed by atoms with Gasteiger partial charge in [-0.05, 0) is 79.3 Å². The highest BCUT2D eigenvalue weighted by Gasteiger charge is 2.42. The molecule has 0 aromatic heterocycles. The van der Waals surface area contributed by atoms with Crippen molar-refractivity contribution in [3.05, 3.63) is 59.7 Å². The number of unbranched alkanes of at least 4 members (excludes halogenated alkanes) is 2. The summed E-state index contributed by atoms with van der Waals surface area (Å²) in [5.41, 5.74) is 4.16. The molecule has 0 heterocycles. The van der Waals surface area contributed by atoms with Gasteiger partial charge in [0, 0.05) is 23.2 Å². The topological polar surface area (TPSA) is 58.2 Å². The predicted molar refractivity (Wildman–Crippen MR) is 135 cm³/mol. The molecular weight excluding hydrogens is 408 g/mol. The van der Waals surface area contributed by atoms with Crippen LogP contribution in [-0.2, 0) is 16.0 Å². The maximum atomic E-state index is 12.4. The average molecular weight is 447 g/mol. The van der Waals surface area contributed by atoms with Crippen molar-refractivity contribution < 1.29 is 9.59 Å². The van der Waals surface area contributed by atoms with Crippen LogP contribution in [0.25, 0.3) is 0 Å². The number of carbonyl (C=O) groups excluding carboxylic acids is 2. The molecule has 0 bridgehead atoms. The molecule has 0 unspecified atom stereocenters. The van der Waals surface area contributed by atoms with Gasteiger partial charge in [0.2, 0.25) is 11.8 Å². The van der Waals surface area contributed by atoms with Gasteiger partial charge >= 0.3 is 0 Å². The van der Waals surface area contributed by atoms with Crippen molar-refractivity contribution in [3.8, 4) is 0 Å². The molecular formula is C29H38N2O2. The Kier molecular flexibility index (Phi) is 7.85. The predicted octanol–water partition coefficient (Wildman–Crippen LogP) is 6.81. The van der Waals surface area contributed by atoms with Gasteiger partial charge in [-0.3, -0.25) is 9.59 Å². The molecule has 2 fully saturated rings. The molecule has 2 amide bonds. The van der Waals surface area contributed by atoms with Crippen LogP contribution in [0.4, 0.5) is 11.4 Å². The first kappa shape index (κ1) is 23.5. The van der Waals surface area contributed by atoms with E-state index in [1.54, 1.807) is 0 Å². The molecule has 2 aromatic rings. The van der Waals surface area contributed by atoms with E-state index in [4.69, 9.17) is 0 Å². The number of amides is 2. The molecule has 176 valence electrons. The SMILES string of the molecule is CCCC[C@@H]1C[C@@H]1C(=O)Nc1ccc(Cc2ccc(NC(=O)[C@H]3C[C@@H]3CCCC)cc2)cc1.